The Morgan fingerprint density at radius 1 is 1.15 bits per heavy atom. The van der Waals surface area contributed by atoms with Crippen LogP contribution in [0.4, 0.5) is 0 Å². The fourth-order valence-electron chi connectivity index (χ4n) is 3.67. The molecule has 1 aliphatic rings. The van der Waals surface area contributed by atoms with Gasteiger partial charge in [0.1, 0.15) is 0 Å². The maximum Gasteiger partial charge on any atom is 0.0830 e. The van der Waals surface area contributed by atoms with E-state index in [1.54, 1.807) is 0 Å². The van der Waals surface area contributed by atoms with Gasteiger partial charge in [-0.15, -0.1) is 0 Å². The molecule has 1 atom stereocenters. The van der Waals surface area contributed by atoms with E-state index in [1.807, 2.05) is 7.11 Å². The average molecular weight is 275 g/mol. The molecule has 1 saturated carbocycles. The van der Waals surface area contributed by atoms with Gasteiger partial charge in [-0.1, -0.05) is 49.6 Å². The second-order valence-electron chi connectivity index (χ2n) is 6.05. The van der Waals surface area contributed by atoms with Gasteiger partial charge in [-0.3, -0.25) is 0 Å². The third-order valence-electron chi connectivity index (χ3n) is 4.89. The van der Waals surface area contributed by atoms with Crippen molar-refractivity contribution in [3.63, 3.8) is 0 Å². The highest BCUT2D eigenvalue weighted by atomic mass is 16.5. The Balaban J connectivity index is 1.87. The van der Waals surface area contributed by atoms with Crippen LogP contribution in [0.1, 0.15) is 50.5 Å². The molecule has 1 fully saturated rings. The molecule has 1 aromatic rings. The van der Waals surface area contributed by atoms with Crippen molar-refractivity contribution < 1.29 is 4.74 Å². The molecule has 1 N–H and O–H groups in total. The number of ether oxygens (including phenoxy) is 1. The van der Waals surface area contributed by atoms with Crippen molar-refractivity contribution in [3.05, 3.63) is 35.9 Å². The van der Waals surface area contributed by atoms with E-state index in [1.165, 1.54) is 56.9 Å². The molecule has 2 heteroatoms. The lowest BCUT2D eigenvalue weighted by molar-refractivity contribution is -0.0679. The van der Waals surface area contributed by atoms with Gasteiger partial charge in [0, 0.05) is 13.2 Å². The quantitative estimate of drug-likeness (QED) is 0.813. The average Bonchev–Trinajstić information content (AvgIpc) is 2.53. The van der Waals surface area contributed by atoms with Gasteiger partial charge in [0.15, 0.2) is 0 Å². The SMILES string of the molecule is CNC(CCCc1ccccc1)C1(OC)CCCCC1. The van der Waals surface area contributed by atoms with Crippen molar-refractivity contribution in [1.29, 1.82) is 0 Å². The van der Waals surface area contributed by atoms with Gasteiger partial charge in [-0.05, 0) is 44.7 Å². The number of rotatable bonds is 7. The third-order valence-corrected chi connectivity index (χ3v) is 4.89. The van der Waals surface area contributed by atoms with Gasteiger partial charge in [0.05, 0.1) is 5.60 Å². The van der Waals surface area contributed by atoms with Gasteiger partial charge in [0.2, 0.25) is 0 Å². The van der Waals surface area contributed by atoms with E-state index < -0.39 is 0 Å². The number of nitrogens with one attached hydrogen (secondary N) is 1. The van der Waals surface area contributed by atoms with E-state index in [0.29, 0.717) is 6.04 Å². The van der Waals surface area contributed by atoms with E-state index >= 15 is 0 Å². The molecule has 2 nitrogen and oxygen atoms in total. The van der Waals surface area contributed by atoms with Crippen LogP contribution < -0.4 is 5.32 Å². The highest BCUT2D eigenvalue weighted by molar-refractivity contribution is 5.14. The summed E-state index contributed by atoms with van der Waals surface area (Å²) >= 11 is 0. The summed E-state index contributed by atoms with van der Waals surface area (Å²) in [7, 11) is 3.98. The predicted molar refractivity (Wildman–Crippen MR) is 85.1 cm³/mol. The Bertz CT molecular complexity index is 370. The maximum absolute atomic E-state index is 5.97. The summed E-state index contributed by atoms with van der Waals surface area (Å²) < 4.78 is 5.97. The van der Waals surface area contributed by atoms with Crippen LogP contribution in [0.3, 0.4) is 0 Å². The molecule has 0 aliphatic heterocycles. The molecule has 1 unspecified atom stereocenters. The van der Waals surface area contributed by atoms with Gasteiger partial charge < -0.3 is 10.1 Å². The van der Waals surface area contributed by atoms with Crippen LogP contribution in [-0.2, 0) is 11.2 Å². The highest BCUT2D eigenvalue weighted by Crippen LogP contribution is 2.35. The number of benzene rings is 1. The fraction of sp³-hybridized carbons (Fsp3) is 0.667. The fourth-order valence-corrected chi connectivity index (χ4v) is 3.67. The first-order chi connectivity index (χ1) is 9.80. The molecule has 0 amide bonds. The number of hydrogen-bond donors (Lipinski definition) is 1. The minimum absolute atomic E-state index is 0.0731. The molecule has 1 aromatic carbocycles. The lowest BCUT2D eigenvalue weighted by Gasteiger charge is -2.42. The summed E-state index contributed by atoms with van der Waals surface area (Å²) in [5.41, 5.74) is 1.52. The zero-order valence-electron chi connectivity index (χ0n) is 13.0. The Hall–Kier alpha value is -0.860. The Morgan fingerprint density at radius 3 is 2.45 bits per heavy atom. The molecule has 0 spiro atoms. The molecule has 0 aromatic heterocycles. The Labute approximate surface area is 123 Å². The zero-order valence-corrected chi connectivity index (χ0v) is 13.0. The molecule has 0 heterocycles. The first-order valence-electron chi connectivity index (χ1n) is 8.07. The Kier molecular flexibility index (Phi) is 6.06. The second-order valence-corrected chi connectivity index (χ2v) is 6.05. The molecule has 0 radical (unpaired) electrons. The van der Waals surface area contributed by atoms with Crippen molar-refractivity contribution >= 4 is 0 Å². The van der Waals surface area contributed by atoms with Crippen LogP contribution >= 0.6 is 0 Å². The molecule has 0 bridgehead atoms. The highest BCUT2D eigenvalue weighted by Gasteiger charge is 2.38. The summed E-state index contributed by atoms with van der Waals surface area (Å²) in [5, 5.41) is 3.52. The monoisotopic (exact) mass is 275 g/mol. The van der Waals surface area contributed by atoms with Crippen LogP contribution in [0.5, 0.6) is 0 Å². The molecular formula is C18H29NO. The minimum Gasteiger partial charge on any atom is -0.377 e. The standard InChI is InChI=1S/C18H29NO/c1-19-17(18(20-2)14-7-4-8-15-18)13-9-12-16-10-5-3-6-11-16/h3,5-6,10-11,17,19H,4,7-9,12-15H2,1-2H3. The molecule has 20 heavy (non-hydrogen) atoms. The van der Waals surface area contributed by atoms with Crippen molar-refractivity contribution in [2.75, 3.05) is 14.2 Å². The number of likely N-dealkylation sites (N-methyl/N-ethyl adjacent to an activating group) is 1. The van der Waals surface area contributed by atoms with Crippen molar-refractivity contribution in [2.45, 2.75) is 63.0 Å². The summed E-state index contributed by atoms with van der Waals surface area (Å²) in [6.45, 7) is 0. The van der Waals surface area contributed by atoms with Crippen LogP contribution in [-0.4, -0.2) is 25.8 Å². The third kappa shape index (κ3) is 3.83. The summed E-state index contributed by atoms with van der Waals surface area (Å²) in [6, 6.07) is 11.3. The topological polar surface area (TPSA) is 21.3 Å². The zero-order chi connectivity index (χ0) is 14.3. The van der Waals surface area contributed by atoms with Crippen molar-refractivity contribution in [3.8, 4) is 0 Å². The molecule has 2 rings (SSSR count). The normalized spacial score (nSPS) is 19.7. The lowest BCUT2D eigenvalue weighted by Crippen LogP contribution is -2.52. The molecule has 0 saturated heterocycles. The summed E-state index contributed by atoms with van der Waals surface area (Å²) in [6.07, 6.45) is 9.99. The van der Waals surface area contributed by atoms with E-state index in [9.17, 15) is 0 Å². The van der Waals surface area contributed by atoms with Crippen molar-refractivity contribution in [2.24, 2.45) is 0 Å². The van der Waals surface area contributed by atoms with E-state index in [2.05, 4.69) is 42.7 Å². The number of hydrogen-bond acceptors (Lipinski definition) is 2. The maximum atomic E-state index is 5.97. The van der Waals surface area contributed by atoms with Gasteiger partial charge in [-0.25, -0.2) is 0 Å². The first kappa shape index (κ1) is 15.5. The van der Waals surface area contributed by atoms with Gasteiger partial charge >= 0.3 is 0 Å². The van der Waals surface area contributed by atoms with Crippen LogP contribution in [0.25, 0.3) is 0 Å². The van der Waals surface area contributed by atoms with Crippen LogP contribution in [0, 0.1) is 0 Å². The second kappa shape index (κ2) is 7.80. The Morgan fingerprint density at radius 2 is 1.85 bits per heavy atom. The van der Waals surface area contributed by atoms with Crippen LogP contribution in [0.15, 0.2) is 30.3 Å². The van der Waals surface area contributed by atoms with Gasteiger partial charge in [0.25, 0.3) is 0 Å². The van der Waals surface area contributed by atoms with E-state index in [4.69, 9.17) is 4.74 Å². The van der Waals surface area contributed by atoms with Crippen molar-refractivity contribution in [1.82, 2.24) is 5.32 Å². The number of methoxy groups -OCH3 is 1. The summed E-state index contributed by atoms with van der Waals surface area (Å²) in [5.74, 6) is 0. The number of aryl methyl sites for hydroxylation is 1. The largest absolute Gasteiger partial charge is 0.377 e. The van der Waals surface area contributed by atoms with Gasteiger partial charge in [-0.2, -0.15) is 0 Å². The summed E-state index contributed by atoms with van der Waals surface area (Å²) in [4.78, 5) is 0. The van der Waals surface area contributed by atoms with E-state index in [-0.39, 0.29) is 5.60 Å². The lowest BCUT2D eigenvalue weighted by atomic mass is 9.77. The smallest absolute Gasteiger partial charge is 0.0830 e. The minimum atomic E-state index is 0.0731. The predicted octanol–water partition coefficient (Wildman–Crippen LogP) is 3.95. The molecule has 112 valence electrons. The molecule has 1 aliphatic carbocycles. The molecular weight excluding hydrogens is 246 g/mol. The van der Waals surface area contributed by atoms with E-state index in [0.717, 1.165) is 0 Å². The first-order valence-corrected chi connectivity index (χ1v) is 8.07. The van der Waals surface area contributed by atoms with Crippen LogP contribution in [0.2, 0.25) is 0 Å².